The van der Waals surface area contributed by atoms with E-state index in [1.54, 1.807) is 0 Å². The van der Waals surface area contributed by atoms with Crippen LogP contribution in [0.3, 0.4) is 0 Å². The number of nitriles is 1. The van der Waals surface area contributed by atoms with Crippen molar-refractivity contribution in [2.45, 2.75) is 19.3 Å². The van der Waals surface area contributed by atoms with Crippen molar-refractivity contribution < 1.29 is 14.3 Å². The van der Waals surface area contributed by atoms with E-state index in [0.29, 0.717) is 30.6 Å². The van der Waals surface area contributed by atoms with Crippen LogP contribution in [0.2, 0.25) is 0 Å². The average molecular weight is 259 g/mol. The minimum atomic E-state index is -0.256. The molecule has 0 aliphatic rings. The summed E-state index contributed by atoms with van der Waals surface area (Å²) < 4.78 is 9.85. The minimum absolute atomic E-state index is 0.256. The minimum Gasteiger partial charge on any atom is -0.500 e. The molecule has 0 amide bonds. The Morgan fingerprint density at radius 3 is 2.37 bits per heavy atom. The Kier molecular flexibility index (Phi) is 6.17. The van der Waals surface area contributed by atoms with E-state index in [4.69, 9.17) is 4.74 Å². The molecule has 0 radical (unpaired) electrons. The second-order valence-electron chi connectivity index (χ2n) is 3.91. The number of hydrogen-bond donors (Lipinski definition) is 0. The van der Waals surface area contributed by atoms with Crippen LogP contribution in [0.15, 0.2) is 36.1 Å². The number of hydrogen-bond acceptors (Lipinski definition) is 4. The number of ether oxygens (including phenoxy) is 2. The molecule has 1 aromatic carbocycles. The summed E-state index contributed by atoms with van der Waals surface area (Å²) >= 11 is 0. The van der Waals surface area contributed by atoms with Gasteiger partial charge in [-0.15, -0.1) is 0 Å². The maximum Gasteiger partial charge on any atom is 0.305 e. The molecule has 1 aromatic rings. The molecule has 0 aliphatic carbocycles. The van der Waals surface area contributed by atoms with E-state index in [2.05, 4.69) is 10.8 Å². The van der Waals surface area contributed by atoms with E-state index in [1.807, 2.05) is 30.3 Å². The second kappa shape index (κ2) is 7.93. The van der Waals surface area contributed by atoms with Crippen molar-refractivity contribution in [3.63, 3.8) is 0 Å². The Morgan fingerprint density at radius 2 is 1.84 bits per heavy atom. The summed E-state index contributed by atoms with van der Waals surface area (Å²) in [5.74, 6) is 0.339. The second-order valence-corrected chi connectivity index (χ2v) is 3.91. The Balaban J connectivity index is 2.82. The summed E-state index contributed by atoms with van der Waals surface area (Å²) in [6.45, 7) is 0. The lowest BCUT2D eigenvalue weighted by Crippen LogP contribution is -2.01. The molecule has 19 heavy (non-hydrogen) atoms. The Bertz CT molecular complexity index is 486. The highest BCUT2D eigenvalue weighted by molar-refractivity contribution is 5.78. The number of esters is 1. The Morgan fingerprint density at radius 1 is 1.16 bits per heavy atom. The number of benzene rings is 1. The lowest BCUT2D eigenvalue weighted by atomic mass is 10.0. The smallest absolute Gasteiger partial charge is 0.305 e. The predicted molar refractivity (Wildman–Crippen MR) is 71.9 cm³/mol. The molecule has 0 heterocycles. The van der Waals surface area contributed by atoms with E-state index in [9.17, 15) is 10.1 Å². The standard InChI is InChI=1S/C15H17NO3/c1-18-14(9-6-10-15(17)19-2)13(11-16)12-7-4-3-5-8-12/h3-5,7-8H,6,9-10H2,1-2H3/b14-13-. The summed E-state index contributed by atoms with van der Waals surface area (Å²) in [6.07, 6.45) is 1.44. The molecular formula is C15H17NO3. The van der Waals surface area contributed by atoms with Crippen LogP contribution < -0.4 is 0 Å². The first-order valence-corrected chi connectivity index (χ1v) is 6.02. The SMILES string of the molecule is COC(=O)CCC/C(OC)=C(\C#N)c1ccccc1. The van der Waals surface area contributed by atoms with Gasteiger partial charge in [-0.05, 0) is 12.0 Å². The fourth-order valence-electron chi connectivity index (χ4n) is 1.72. The fourth-order valence-corrected chi connectivity index (χ4v) is 1.72. The third-order valence-corrected chi connectivity index (χ3v) is 2.71. The van der Waals surface area contributed by atoms with Crippen LogP contribution in [0.1, 0.15) is 24.8 Å². The van der Waals surface area contributed by atoms with Crippen LogP contribution in [-0.2, 0) is 14.3 Å². The highest BCUT2D eigenvalue weighted by atomic mass is 16.5. The molecule has 0 bridgehead atoms. The van der Waals surface area contributed by atoms with Crippen molar-refractivity contribution in [3.05, 3.63) is 41.7 Å². The molecule has 0 N–H and O–H groups in total. The molecule has 100 valence electrons. The van der Waals surface area contributed by atoms with E-state index < -0.39 is 0 Å². The number of allylic oxidation sites excluding steroid dienone is 2. The summed E-state index contributed by atoms with van der Waals surface area (Å²) in [4.78, 5) is 11.0. The Hall–Kier alpha value is -2.28. The molecule has 0 unspecified atom stereocenters. The van der Waals surface area contributed by atoms with E-state index >= 15 is 0 Å². The summed E-state index contributed by atoms with van der Waals surface area (Å²) in [6, 6.07) is 11.5. The van der Waals surface area contributed by atoms with Gasteiger partial charge in [0.1, 0.15) is 11.8 Å². The monoisotopic (exact) mass is 259 g/mol. The lowest BCUT2D eigenvalue weighted by Gasteiger charge is -2.09. The molecule has 0 saturated heterocycles. The number of rotatable bonds is 6. The van der Waals surface area contributed by atoms with E-state index in [-0.39, 0.29) is 5.97 Å². The van der Waals surface area contributed by atoms with Crippen LogP contribution in [-0.4, -0.2) is 20.2 Å². The first kappa shape index (κ1) is 14.8. The number of carbonyl (C=O) groups is 1. The molecule has 0 aliphatic heterocycles. The van der Waals surface area contributed by atoms with Gasteiger partial charge in [-0.2, -0.15) is 5.26 Å². The van der Waals surface area contributed by atoms with Gasteiger partial charge in [0.25, 0.3) is 0 Å². The predicted octanol–water partition coefficient (Wildman–Crippen LogP) is 2.91. The van der Waals surface area contributed by atoms with Crippen LogP contribution in [0.4, 0.5) is 0 Å². The van der Waals surface area contributed by atoms with Crippen molar-refractivity contribution in [1.29, 1.82) is 5.26 Å². The summed E-state index contributed by atoms with van der Waals surface area (Å²) in [5.41, 5.74) is 1.33. The molecule has 1 rings (SSSR count). The van der Waals surface area contributed by atoms with Crippen molar-refractivity contribution in [3.8, 4) is 6.07 Å². The highest BCUT2D eigenvalue weighted by Gasteiger charge is 2.10. The van der Waals surface area contributed by atoms with Gasteiger partial charge in [-0.1, -0.05) is 30.3 Å². The largest absolute Gasteiger partial charge is 0.500 e. The maximum atomic E-state index is 11.0. The van der Waals surface area contributed by atoms with Gasteiger partial charge in [0.15, 0.2) is 0 Å². The van der Waals surface area contributed by atoms with E-state index in [1.165, 1.54) is 14.2 Å². The van der Waals surface area contributed by atoms with Crippen molar-refractivity contribution in [1.82, 2.24) is 0 Å². The topological polar surface area (TPSA) is 59.3 Å². The maximum absolute atomic E-state index is 11.0. The lowest BCUT2D eigenvalue weighted by molar-refractivity contribution is -0.140. The zero-order valence-corrected chi connectivity index (χ0v) is 11.2. The summed E-state index contributed by atoms with van der Waals surface area (Å²) in [5, 5.41) is 9.26. The molecular weight excluding hydrogens is 242 g/mol. The molecule has 0 saturated carbocycles. The normalized spacial score (nSPS) is 11.2. The van der Waals surface area contributed by atoms with Crippen LogP contribution in [0.5, 0.6) is 0 Å². The van der Waals surface area contributed by atoms with Gasteiger partial charge in [0.05, 0.1) is 19.8 Å². The first-order valence-electron chi connectivity index (χ1n) is 6.02. The van der Waals surface area contributed by atoms with E-state index in [0.717, 1.165) is 5.56 Å². The average Bonchev–Trinajstić information content (AvgIpc) is 2.47. The fraction of sp³-hybridized carbons (Fsp3) is 0.333. The first-order chi connectivity index (χ1) is 9.22. The van der Waals surface area contributed by atoms with Gasteiger partial charge in [0.2, 0.25) is 0 Å². The molecule has 0 spiro atoms. The van der Waals surface area contributed by atoms with Crippen molar-refractivity contribution in [2.75, 3.05) is 14.2 Å². The molecule has 0 aromatic heterocycles. The van der Waals surface area contributed by atoms with Gasteiger partial charge >= 0.3 is 5.97 Å². The highest BCUT2D eigenvalue weighted by Crippen LogP contribution is 2.22. The third-order valence-electron chi connectivity index (χ3n) is 2.71. The molecule has 4 heteroatoms. The third kappa shape index (κ3) is 4.47. The van der Waals surface area contributed by atoms with Crippen LogP contribution in [0, 0.1) is 11.3 Å². The number of carbonyl (C=O) groups excluding carboxylic acids is 1. The number of nitrogens with zero attached hydrogens (tertiary/aromatic N) is 1. The quantitative estimate of drug-likeness (QED) is 0.448. The van der Waals surface area contributed by atoms with Gasteiger partial charge in [-0.3, -0.25) is 4.79 Å². The molecule has 0 atom stereocenters. The van der Waals surface area contributed by atoms with Crippen molar-refractivity contribution >= 4 is 11.5 Å². The van der Waals surface area contributed by atoms with Gasteiger partial charge in [-0.25, -0.2) is 0 Å². The summed E-state index contributed by atoms with van der Waals surface area (Å²) in [7, 11) is 2.90. The molecule has 4 nitrogen and oxygen atoms in total. The van der Waals surface area contributed by atoms with Crippen LogP contribution in [0.25, 0.3) is 5.57 Å². The van der Waals surface area contributed by atoms with Gasteiger partial charge < -0.3 is 9.47 Å². The zero-order chi connectivity index (χ0) is 14.1. The zero-order valence-electron chi connectivity index (χ0n) is 11.2. The molecule has 0 fully saturated rings. The number of methoxy groups -OCH3 is 2. The van der Waals surface area contributed by atoms with Crippen LogP contribution >= 0.6 is 0 Å². The Labute approximate surface area is 113 Å². The van der Waals surface area contributed by atoms with Gasteiger partial charge in [0, 0.05) is 12.8 Å². The van der Waals surface area contributed by atoms with Crippen molar-refractivity contribution in [2.24, 2.45) is 0 Å².